The molecule has 0 unspecified atom stereocenters. The number of nitrogens with zero attached hydrogens (tertiary/aromatic N) is 4. The van der Waals surface area contributed by atoms with Crippen molar-refractivity contribution in [3.05, 3.63) is 30.9 Å². The van der Waals surface area contributed by atoms with E-state index in [0.717, 1.165) is 16.7 Å². The van der Waals surface area contributed by atoms with Crippen LogP contribution in [0.15, 0.2) is 30.9 Å². The molecule has 1 heterocycles. The van der Waals surface area contributed by atoms with Crippen molar-refractivity contribution >= 4 is 22.7 Å². The predicted molar refractivity (Wildman–Crippen MR) is 73.2 cm³/mol. The summed E-state index contributed by atoms with van der Waals surface area (Å²) in [5, 5.41) is 16.8. The molecule has 0 spiro atoms. The number of benzene rings is 1. The summed E-state index contributed by atoms with van der Waals surface area (Å²) < 4.78 is 1.77. The first kappa shape index (κ1) is 13.1. The van der Waals surface area contributed by atoms with Gasteiger partial charge in [-0.15, -0.1) is 11.7 Å². The molecule has 2 rings (SSSR count). The summed E-state index contributed by atoms with van der Waals surface area (Å²) in [5.41, 5.74) is 2.66. The minimum atomic E-state index is -0.801. The van der Waals surface area contributed by atoms with Crippen molar-refractivity contribution in [3.63, 3.8) is 0 Å². The summed E-state index contributed by atoms with van der Waals surface area (Å²) in [5.74, 6) is -0.801. The van der Waals surface area contributed by atoms with E-state index in [1.165, 1.54) is 0 Å². The zero-order chi connectivity index (χ0) is 13.8. The number of rotatable bonds is 6. The van der Waals surface area contributed by atoms with E-state index in [1.807, 2.05) is 30.1 Å². The number of anilines is 1. The molecule has 0 saturated carbocycles. The van der Waals surface area contributed by atoms with Crippen molar-refractivity contribution in [1.29, 1.82) is 0 Å². The number of hydrogen-bond donors (Lipinski definition) is 1. The minimum Gasteiger partial charge on any atom is -0.481 e. The largest absolute Gasteiger partial charge is 0.481 e. The highest BCUT2D eigenvalue weighted by Crippen LogP contribution is 2.19. The number of aromatic nitrogens is 3. The van der Waals surface area contributed by atoms with Crippen molar-refractivity contribution in [3.8, 4) is 0 Å². The second-order valence-corrected chi connectivity index (χ2v) is 4.30. The Morgan fingerprint density at radius 3 is 3.05 bits per heavy atom. The Bertz CT molecular complexity index is 606. The summed E-state index contributed by atoms with van der Waals surface area (Å²) >= 11 is 0. The topological polar surface area (TPSA) is 71.2 Å². The van der Waals surface area contributed by atoms with Crippen LogP contribution in [0.2, 0.25) is 0 Å². The van der Waals surface area contributed by atoms with E-state index in [9.17, 15) is 4.79 Å². The number of carbonyl (C=O) groups is 1. The third-order valence-corrected chi connectivity index (χ3v) is 2.90. The van der Waals surface area contributed by atoms with E-state index >= 15 is 0 Å². The van der Waals surface area contributed by atoms with Gasteiger partial charge in [-0.2, -0.15) is 0 Å². The highest BCUT2D eigenvalue weighted by atomic mass is 16.4. The molecule has 0 amide bonds. The van der Waals surface area contributed by atoms with Gasteiger partial charge in [0.25, 0.3) is 0 Å². The molecular formula is C13H16N4O2. The summed E-state index contributed by atoms with van der Waals surface area (Å²) in [6.07, 6.45) is 1.87. The standard InChI is InChI=1S/C13H16N4O2/c1-3-7-17-12-5-4-10(9-11(12)14-15-17)16(2)8-6-13(18)19/h3-5,9H,1,6-8H2,2H3,(H,18,19). The fourth-order valence-electron chi connectivity index (χ4n) is 1.85. The number of fused-ring (bicyclic) bond motifs is 1. The summed E-state index contributed by atoms with van der Waals surface area (Å²) in [4.78, 5) is 12.4. The lowest BCUT2D eigenvalue weighted by molar-refractivity contribution is -0.136. The first-order valence-electron chi connectivity index (χ1n) is 5.99. The number of aliphatic carboxylic acids is 1. The van der Waals surface area contributed by atoms with Gasteiger partial charge in [-0.25, -0.2) is 4.68 Å². The Hall–Kier alpha value is -2.37. The van der Waals surface area contributed by atoms with Gasteiger partial charge in [-0.3, -0.25) is 4.79 Å². The summed E-state index contributed by atoms with van der Waals surface area (Å²) in [6.45, 7) is 4.75. The monoisotopic (exact) mass is 260 g/mol. The molecule has 1 aromatic carbocycles. The van der Waals surface area contributed by atoms with Gasteiger partial charge < -0.3 is 10.0 Å². The van der Waals surface area contributed by atoms with Gasteiger partial charge >= 0.3 is 5.97 Å². The van der Waals surface area contributed by atoms with Crippen LogP contribution in [0.5, 0.6) is 0 Å². The van der Waals surface area contributed by atoms with Crippen LogP contribution in [0.4, 0.5) is 5.69 Å². The fourth-order valence-corrected chi connectivity index (χ4v) is 1.85. The number of hydrogen-bond acceptors (Lipinski definition) is 4. The van der Waals surface area contributed by atoms with Gasteiger partial charge in [0.2, 0.25) is 0 Å². The van der Waals surface area contributed by atoms with Crippen molar-refractivity contribution in [2.45, 2.75) is 13.0 Å². The highest BCUT2D eigenvalue weighted by molar-refractivity contribution is 5.79. The third-order valence-electron chi connectivity index (χ3n) is 2.90. The maximum atomic E-state index is 10.6. The molecule has 1 aromatic heterocycles. The molecule has 0 aliphatic carbocycles. The smallest absolute Gasteiger partial charge is 0.305 e. The SMILES string of the molecule is C=CCn1nnc2cc(N(C)CCC(=O)O)ccc21. The van der Waals surface area contributed by atoms with E-state index in [0.29, 0.717) is 13.1 Å². The molecule has 0 fully saturated rings. The van der Waals surface area contributed by atoms with E-state index in [2.05, 4.69) is 16.9 Å². The molecule has 6 heteroatoms. The average molecular weight is 260 g/mol. The molecule has 2 aromatic rings. The van der Waals surface area contributed by atoms with Gasteiger partial charge in [0, 0.05) is 19.3 Å². The fraction of sp³-hybridized carbons (Fsp3) is 0.308. The first-order chi connectivity index (χ1) is 9.11. The molecule has 19 heavy (non-hydrogen) atoms. The van der Waals surface area contributed by atoms with Crippen molar-refractivity contribution in [2.75, 3.05) is 18.5 Å². The number of carboxylic acids is 1. The van der Waals surface area contributed by atoms with Gasteiger partial charge in [-0.05, 0) is 18.2 Å². The first-order valence-corrected chi connectivity index (χ1v) is 5.99. The lowest BCUT2D eigenvalue weighted by Crippen LogP contribution is -2.20. The molecule has 0 bridgehead atoms. The maximum Gasteiger partial charge on any atom is 0.305 e. The van der Waals surface area contributed by atoms with E-state index in [4.69, 9.17) is 5.11 Å². The predicted octanol–water partition coefficient (Wildman–Crippen LogP) is 1.53. The Morgan fingerprint density at radius 2 is 2.37 bits per heavy atom. The van der Waals surface area contributed by atoms with Gasteiger partial charge in [0.05, 0.1) is 18.5 Å². The van der Waals surface area contributed by atoms with Gasteiger partial charge in [0.15, 0.2) is 0 Å². The van der Waals surface area contributed by atoms with Crippen LogP contribution in [-0.2, 0) is 11.3 Å². The minimum absolute atomic E-state index is 0.109. The van der Waals surface area contributed by atoms with Crippen molar-refractivity contribution in [2.24, 2.45) is 0 Å². The van der Waals surface area contributed by atoms with Crippen LogP contribution in [0.1, 0.15) is 6.42 Å². The third kappa shape index (κ3) is 2.90. The normalized spacial score (nSPS) is 10.6. The zero-order valence-corrected chi connectivity index (χ0v) is 10.8. The Labute approximate surface area is 110 Å². The Kier molecular flexibility index (Phi) is 3.79. The van der Waals surface area contributed by atoms with Crippen molar-refractivity contribution < 1.29 is 9.90 Å². The lowest BCUT2D eigenvalue weighted by Gasteiger charge is -2.17. The number of allylic oxidation sites excluding steroid dienone is 1. The van der Waals surface area contributed by atoms with Crippen LogP contribution < -0.4 is 4.90 Å². The van der Waals surface area contributed by atoms with Gasteiger partial charge in [0.1, 0.15) is 5.52 Å². The van der Waals surface area contributed by atoms with Crippen LogP contribution in [-0.4, -0.2) is 39.7 Å². The Balaban J connectivity index is 2.21. The van der Waals surface area contributed by atoms with E-state index in [-0.39, 0.29) is 6.42 Å². The molecule has 100 valence electrons. The molecule has 0 aliphatic heterocycles. The zero-order valence-electron chi connectivity index (χ0n) is 10.8. The van der Waals surface area contributed by atoms with Crippen LogP contribution in [0, 0.1) is 0 Å². The van der Waals surface area contributed by atoms with Crippen LogP contribution in [0.25, 0.3) is 11.0 Å². The average Bonchev–Trinajstić information content (AvgIpc) is 2.79. The molecule has 6 nitrogen and oxygen atoms in total. The Morgan fingerprint density at radius 1 is 1.58 bits per heavy atom. The van der Waals surface area contributed by atoms with Gasteiger partial charge in [-0.1, -0.05) is 11.3 Å². The highest BCUT2D eigenvalue weighted by Gasteiger charge is 2.08. The molecule has 0 saturated heterocycles. The molecule has 0 aliphatic rings. The van der Waals surface area contributed by atoms with E-state index in [1.54, 1.807) is 10.8 Å². The summed E-state index contributed by atoms with van der Waals surface area (Å²) in [6, 6.07) is 5.78. The van der Waals surface area contributed by atoms with E-state index < -0.39 is 5.97 Å². The molecule has 1 N–H and O–H groups in total. The molecular weight excluding hydrogens is 244 g/mol. The lowest BCUT2D eigenvalue weighted by atomic mass is 10.2. The van der Waals surface area contributed by atoms with Crippen LogP contribution in [0.3, 0.4) is 0 Å². The number of carboxylic acid groups (broad SMARTS) is 1. The maximum absolute atomic E-state index is 10.6. The molecule has 0 atom stereocenters. The second kappa shape index (κ2) is 5.51. The summed E-state index contributed by atoms with van der Waals surface area (Å²) in [7, 11) is 1.86. The second-order valence-electron chi connectivity index (χ2n) is 4.30. The van der Waals surface area contributed by atoms with Crippen molar-refractivity contribution in [1.82, 2.24) is 15.0 Å². The quantitative estimate of drug-likeness (QED) is 0.797. The molecule has 0 radical (unpaired) electrons. The van der Waals surface area contributed by atoms with Crippen LogP contribution >= 0.6 is 0 Å².